The van der Waals surface area contributed by atoms with E-state index < -0.39 is 4.92 Å². The molecule has 4 aromatic carbocycles. The van der Waals surface area contributed by atoms with Crippen molar-refractivity contribution in [2.75, 3.05) is 140 Å². The fraction of sp³-hybridized carbons (Fsp3) is 0.360. The number of ketones is 2. The van der Waals surface area contributed by atoms with Gasteiger partial charge in [-0.15, -0.1) is 0 Å². The summed E-state index contributed by atoms with van der Waals surface area (Å²) in [4.78, 5) is 60.7. The van der Waals surface area contributed by atoms with Crippen LogP contribution in [0.4, 0.5) is 67.4 Å². The highest BCUT2D eigenvalue weighted by molar-refractivity contribution is 7.18. The van der Waals surface area contributed by atoms with Crippen molar-refractivity contribution < 1.29 is 14.5 Å². The van der Waals surface area contributed by atoms with Crippen LogP contribution in [-0.2, 0) is 0 Å². The SMILES string of the molecule is CN1CCN(c2ccc(Nc3nc(N)c(C(=O)c4ccc(N5CCCC5)c(N)c4)s3)cc2)CC1.CN1CCN(c2ccc(Nc3nc(N)c(C(=O)c4ccc(N5CCCC5)c([N+](=O)[O-])c4)s3)cc2)CC1. The van der Waals surface area contributed by atoms with Crippen LogP contribution in [-0.4, -0.2) is 129 Å². The Morgan fingerprint density at radius 2 is 0.943 bits per heavy atom. The molecule has 0 aliphatic carbocycles. The van der Waals surface area contributed by atoms with Gasteiger partial charge in [-0.3, -0.25) is 19.7 Å². The summed E-state index contributed by atoms with van der Waals surface area (Å²) >= 11 is 2.40. The van der Waals surface area contributed by atoms with Crippen LogP contribution in [0.1, 0.15) is 56.2 Å². The molecule has 0 spiro atoms. The third kappa shape index (κ3) is 11.0. The summed E-state index contributed by atoms with van der Waals surface area (Å²) in [7, 11) is 4.29. The first-order valence-corrected chi connectivity index (χ1v) is 25.4. The van der Waals surface area contributed by atoms with Crippen molar-refractivity contribution >= 4 is 102 Å². The highest BCUT2D eigenvalue weighted by atomic mass is 32.1. The topological polar surface area (TPSA) is 225 Å². The number of hydrogen-bond acceptors (Lipinski definition) is 19. The second-order valence-electron chi connectivity index (χ2n) is 18.2. The molecular weight excluding hydrogens is 925 g/mol. The Bertz CT molecular complexity index is 2810. The first-order valence-electron chi connectivity index (χ1n) is 23.8. The van der Waals surface area contributed by atoms with E-state index in [1.54, 1.807) is 18.2 Å². The predicted molar refractivity (Wildman–Crippen MR) is 286 cm³/mol. The third-order valence-electron chi connectivity index (χ3n) is 13.3. The number of carbonyl (C=O) groups is 2. The third-order valence-corrected chi connectivity index (χ3v) is 15.3. The molecule has 0 saturated carbocycles. The Balaban J connectivity index is 0.000000174. The molecule has 0 bridgehead atoms. The molecule has 0 atom stereocenters. The van der Waals surface area contributed by atoms with Gasteiger partial charge in [0.25, 0.3) is 5.69 Å². The minimum atomic E-state index is -0.431. The average molecular weight is 985 g/mol. The van der Waals surface area contributed by atoms with Gasteiger partial charge in [-0.1, -0.05) is 22.7 Å². The highest BCUT2D eigenvalue weighted by Crippen LogP contribution is 2.36. The van der Waals surface area contributed by atoms with E-state index in [0.717, 1.165) is 120 Å². The quantitative estimate of drug-likeness (QED) is 0.0325. The van der Waals surface area contributed by atoms with Gasteiger partial charge < -0.3 is 57.2 Å². The average Bonchev–Trinajstić information content (AvgIpc) is 4.22. The molecule has 4 aliphatic heterocycles. The van der Waals surface area contributed by atoms with Crippen molar-refractivity contribution in [3.05, 3.63) is 116 Å². The van der Waals surface area contributed by atoms with Crippen molar-refractivity contribution in [3.8, 4) is 0 Å². The summed E-state index contributed by atoms with van der Waals surface area (Å²) in [6.07, 6.45) is 4.35. The number of hydrogen-bond donors (Lipinski definition) is 5. The van der Waals surface area contributed by atoms with Gasteiger partial charge >= 0.3 is 0 Å². The summed E-state index contributed by atoms with van der Waals surface area (Å²) < 4.78 is 0. The maximum Gasteiger partial charge on any atom is 0.293 e. The Kier molecular flexibility index (Phi) is 14.6. The molecule has 4 saturated heterocycles. The number of nitrogen functional groups attached to an aromatic ring is 3. The van der Waals surface area contributed by atoms with E-state index in [2.05, 4.69) is 83.5 Å². The molecule has 20 heteroatoms. The van der Waals surface area contributed by atoms with Crippen LogP contribution in [0, 0.1) is 10.1 Å². The standard InChI is InChI=1S/C25H29N7O3S.C25H31N7OS/c1-29-12-14-30(15-13-29)19-7-5-18(6-8-19)27-25-28-24(26)23(36-25)22(33)17-4-9-20(21(16-17)32(34)35)31-10-2-3-11-31;1-30-12-14-31(15-13-30)19-7-5-18(6-8-19)28-25-29-24(27)23(34-25)22(33)17-4-9-21(20(26)16-17)32-10-2-3-11-32/h4-9,16H,2-3,10-15,26H2,1H3,(H,27,28);4-9,16H,2-3,10-15,26-27H2,1H3,(H,28,29). The van der Waals surface area contributed by atoms with Gasteiger partial charge in [0, 0.05) is 118 Å². The van der Waals surface area contributed by atoms with E-state index in [9.17, 15) is 19.7 Å². The van der Waals surface area contributed by atoms with Crippen molar-refractivity contribution in [1.29, 1.82) is 0 Å². The fourth-order valence-electron chi connectivity index (χ4n) is 9.22. The number of piperazine rings is 2. The molecule has 0 amide bonds. The summed E-state index contributed by atoms with van der Waals surface area (Å²) in [5.74, 6) is -0.200. The molecule has 4 aliphatic rings. The molecule has 2 aromatic heterocycles. The summed E-state index contributed by atoms with van der Waals surface area (Å²) in [6, 6.07) is 26.5. The van der Waals surface area contributed by atoms with E-state index in [4.69, 9.17) is 17.2 Å². The first-order chi connectivity index (χ1) is 33.9. The number of nitro groups is 1. The van der Waals surface area contributed by atoms with E-state index in [0.29, 0.717) is 32.1 Å². The molecule has 0 unspecified atom stereocenters. The van der Waals surface area contributed by atoms with Gasteiger partial charge in [0.1, 0.15) is 27.1 Å². The number of nitrogens with zero attached hydrogens (tertiary/aromatic N) is 9. The molecule has 18 nitrogen and oxygen atoms in total. The number of nitrogens with one attached hydrogen (secondary N) is 2. The van der Waals surface area contributed by atoms with Gasteiger partial charge in [-0.25, -0.2) is 9.97 Å². The first kappa shape index (κ1) is 48.0. The van der Waals surface area contributed by atoms with Crippen molar-refractivity contribution in [2.45, 2.75) is 25.7 Å². The minimum absolute atomic E-state index is 0.0652. The predicted octanol–water partition coefficient (Wildman–Crippen LogP) is 7.59. The number of benzene rings is 4. The molecule has 8 N–H and O–H groups in total. The maximum absolute atomic E-state index is 13.2. The van der Waals surface area contributed by atoms with Crippen LogP contribution < -0.4 is 47.4 Å². The van der Waals surface area contributed by atoms with Crippen LogP contribution in [0.15, 0.2) is 84.9 Å². The Morgan fingerprint density at radius 3 is 1.36 bits per heavy atom. The molecular formula is C50H60N14O4S2. The lowest BCUT2D eigenvalue weighted by atomic mass is 10.1. The Labute approximate surface area is 415 Å². The number of likely N-dealkylation sites (N-methyl/N-ethyl adjacent to an activating group) is 2. The second kappa shape index (κ2) is 21.3. The Hall–Kier alpha value is -7.00. The normalized spacial score (nSPS) is 16.5. The lowest BCUT2D eigenvalue weighted by molar-refractivity contribution is -0.384. The van der Waals surface area contributed by atoms with Gasteiger partial charge in [0.15, 0.2) is 10.3 Å². The number of aromatic nitrogens is 2. The number of nitrogens with two attached hydrogens (primary N) is 3. The number of carbonyl (C=O) groups excluding carboxylic acids is 2. The number of thiazole rings is 2. The smallest absolute Gasteiger partial charge is 0.293 e. The van der Waals surface area contributed by atoms with Crippen LogP contribution in [0.5, 0.6) is 0 Å². The zero-order chi connectivity index (χ0) is 48.9. The monoisotopic (exact) mass is 984 g/mol. The number of anilines is 11. The van der Waals surface area contributed by atoms with Crippen LogP contribution in [0.25, 0.3) is 0 Å². The van der Waals surface area contributed by atoms with Gasteiger partial charge in [0.2, 0.25) is 11.6 Å². The maximum atomic E-state index is 13.2. The summed E-state index contributed by atoms with van der Waals surface area (Å²) in [5.41, 5.74) is 25.5. The lowest BCUT2D eigenvalue weighted by Crippen LogP contribution is -2.44. The van der Waals surface area contributed by atoms with Crippen LogP contribution >= 0.6 is 22.7 Å². The van der Waals surface area contributed by atoms with E-state index in [1.807, 2.05) is 41.3 Å². The molecule has 10 rings (SSSR count). The van der Waals surface area contributed by atoms with Crippen LogP contribution in [0.3, 0.4) is 0 Å². The number of rotatable bonds is 13. The van der Waals surface area contributed by atoms with Gasteiger partial charge in [-0.05, 0) is 119 Å². The largest absolute Gasteiger partial charge is 0.397 e. The minimum Gasteiger partial charge on any atom is -0.397 e. The van der Waals surface area contributed by atoms with E-state index in [-0.39, 0.29) is 39.3 Å². The van der Waals surface area contributed by atoms with E-state index >= 15 is 0 Å². The molecule has 6 aromatic rings. The second-order valence-corrected chi connectivity index (χ2v) is 20.2. The van der Waals surface area contributed by atoms with Crippen molar-refractivity contribution in [2.24, 2.45) is 0 Å². The molecule has 4 fully saturated rings. The number of nitro benzene ring substituents is 1. The van der Waals surface area contributed by atoms with Crippen LogP contribution in [0.2, 0.25) is 0 Å². The summed E-state index contributed by atoms with van der Waals surface area (Å²) in [6.45, 7) is 11.8. The zero-order valence-electron chi connectivity index (χ0n) is 39.6. The molecule has 70 heavy (non-hydrogen) atoms. The van der Waals surface area contributed by atoms with Crippen molar-refractivity contribution in [1.82, 2.24) is 19.8 Å². The lowest BCUT2D eigenvalue weighted by Gasteiger charge is -2.34. The zero-order valence-corrected chi connectivity index (χ0v) is 41.2. The molecule has 6 heterocycles. The van der Waals surface area contributed by atoms with E-state index in [1.165, 1.54) is 41.6 Å². The van der Waals surface area contributed by atoms with Crippen molar-refractivity contribution in [3.63, 3.8) is 0 Å². The molecule has 0 radical (unpaired) electrons. The van der Waals surface area contributed by atoms with Gasteiger partial charge in [-0.2, -0.15) is 0 Å². The summed E-state index contributed by atoms with van der Waals surface area (Å²) in [5, 5.41) is 19.3. The van der Waals surface area contributed by atoms with Gasteiger partial charge in [0.05, 0.1) is 16.3 Å². The highest BCUT2D eigenvalue weighted by Gasteiger charge is 2.27. The Morgan fingerprint density at radius 1 is 0.543 bits per heavy atom. The fourth-order valence-corrected chi connectivity index (χ4v) is 11.0. The molecule has 366 valence electrons.